The maximum atomic E-state index is 9.08. The van der Waals surface area contributed by atoms with Crippen molar-refractivity contribution in [2.75, 3.05) is 0 Å². The minimum absolute atomic E-state index is 0.0386. The van der Waals surface area contributed by atoms with Crippen LogP contribution in [-0.2, 0) is 6.61 Å². The van der Waals surface area contributed by atoms with Crippen LogP contribution in [0.15, 0.2) is 47.1 Å². The molecular weight excluding hydrogens is 164 g/mol. The molecular formula is C11H10O2. The molecule has 2 heteroatoms. The highest BCUT2D eigenvalue weighted by Gasteiger charge is 2.04. The van der Waals surface area contributed by atoms with Gasteiger partial charge in [-0.15, -0.1) is 0 Å². The van der Waals surface area contributed by atoms with Crippen molar-refractivity contribution in [2.24, 2.45) is 0 Å². The normalized spacial score (nSPS) is 10.2. The zero-order valence-corrected chi connectivity index (χ0v) is 7.10. The first-order valence-corrected chi connectivity index (χ1v) is 4.14. The number of rotatable bonds is 2. The van der Waals surface area contributed by atoms with Gasteiger partial charge in [-0.2, -0.15) is 0 Å². The molecule has 0 atom stereocenters. The molecule has 0 bridgehead atoms. The Morgan fingerprint density at radius 2 is 1.92 bits per heavy atom. The molecule has 0 spiro atoms. The summed E-state index contributed by atoms with van der Waals surface area (Å²) in [6.07, 6.45) is 1.63. The number of aliphatic hydroxyl groups is 1. The number of furan rings is 1. The molecule has 2 nitrogen and oxygen atoms in total. The predicted molar refractivity (Wildman–Crippen MR) is 50.1 cm³/mol. The topological polar surface area (TPSA) is 33.4 Å². The summed E-state index contributed by atoms with van der Waals surface area (Å²) in [7, 11) is 0. The Bertz CT molecular complexity index is 377. The number of hydrogen-bond acceptors (Lipinski definition) is 2. The maximum absolute atomic E-state index is 9.08. The van der Waals surface area contributed by atoms with Crippen molar-refractivity contribution in [3.8, 4) is 11.3 Å². The second-order valence-electron chi connectivity index (χ2n) is 2.79. The minimum atomic E-state index is 0.0386. The Hall–Kier alpha value is -1.54. The van der Waals surface area contributed by atoms with Gasteiger partial charge in [-0.25, -0.2) is 0 Å². The van der Waals surface area contributed by atoms with Crippen molar-refractivity contribution in [1.82, 2.24) is 0 Å². The largest absolute Gasteiger partial charge is 0.464 e. The highest BCUT2D eigenvalue weighted by Crippen LogP contribution is 2.23. The molecule has 13 heavy (non-hydrogen) atoms. The van der Waals surface area contributed by atoms with Gasteiger partial charge in [0.05, 0.1) is 12.9 Å². The lowest BCUT2D eigenvalue weighted by atomic mass is 10.1. The van der Waals surface area contributed by atoms with Crippen LogP contribution in [0.2, 0.25) is 0 Å². The van der Waals surface area contributed by atoms with Crippen molar-refractivity contribution in [3.63, 3.8) is 0 Å². The number of hydrogen-bond donors (Lipinski definition) is 1. The van der Waals surface area contributed by atoms with Crippen molar-refractivity contribution < 1.29 is 9.52 Å². The van der Waals surface area contributed by atoms with Crippen LogP contribution < -0.4 is 0 Å². The average molecular weight is 174 g/mol. The van der Waals surface area contributed by atoms with E-state index in [1.807, 2.05) is 36.4 Å². The molecule has 1 N–H and O–H groups in total. The van der Waals surface area contributed by atoms with E-state index in [1.54, 1.807) is 6.26 Å². The second kappa shape index (κ2) is 3.46. The van der Waals surface area contributed by atoms with Crippen LogP contribution in [0.25, 0.3) is 11.3 Å². The zero-order valence-electron chi connectivity index (χ0n) is 7.10. The summed E-state index contributed by atoms with van der Waals surface area (Å²) >= 11 is 0. The standard InChI is InChI=1S/C11H10O2/c12-8-9-4-1-2-5-10(9)11-6-3-7-13-11/h1-7,12H,8H2. The fraction of sp³-hybridized carbons (Fsp3) is 0.0909. The SMILES string of the molecule is OCc1ccccc1-c1ccco1. The Balaban J connectivity index is 2.51. The molecule has 66 valence electrons. The van der Waals surface area contributed by atoms with Crippen LogP contribution >= 0.6 is 0 Å². The Morgan fingerprint density at radius 1 is 1.08 bits per heavy atom. The third-order valence-electron chi connectivity index (χ3n) is 1.97. The van der Waals surface area contributed by atoms with Crippen molar-refractivity contribution in [2.45, 2.75) is 6.61 Å². The number of benzene rings is 1. The summed E-state index contributed by atoms with van der Waals surface area (Å²) < 4.78 is 5.25. The van der Waals surface area contributed by atoms with Gasteiger partial charge in [-0.1, -0.05) is 24.3 Å². The van der Waals surface area contributed by atoms with Gasteiger partial charge in [0.1, 0.15) is 5.76 Å². The molecule has 2 aromatic rings. The smallest absolute Gasteiger partial charge is 0.134 e. The lowest BCUT2D eigenvalue weighted by Crippen LogP contribution is -1.86. The molecule has 0 radical (unpaired) electrons. The molecule has 0 aliphatic rings. The van der Waals surface area contributed by atoms with E-state index in [9.17, 15) is 0 Å². The van der Waals surface area contributed by atoms with Gasteiger partial charge in [-0.05, 0) is 17.7 Å². The lowest BCUT2D eigenvalue weighted by molar-refractivity contribution is 0.282. The van der Waals surface area contributed by atoms with Gasteiger partial charge in [0, 0.05) is 5.56 Å². The van der Waals surface area contributed by atoms with E-state index in [2.05, 4.69) is 0 Å². The summed E-state index contributed by atoms with van der Waals surface area (Å²) in [5.41, 5.74) is 1.84. The van der Waals surface area contributed by atoms with Gasteiger partial charge in [0.25, 0.3) is 0 Å². The zero-order chi connectivity index (χ0) is 9.10. The third kappa shape index (κ3) is 1.48. The molecule has 1 aromatic heterocycles. The Labute approximate surface area is 76.4 Å². The van der Waals surface area contributed by atoms with Gasteiger partial charge >= 0.3 is 0 Å². The van der Waals surface area contributed by atoms with E-state index in [0.717, 1.165) is 16.9 Å². The van der Waals surface area contributed by atoms with Crippen molar-refractivity contribution in [3.05, 3.63) is 48.2 Å². The summed E-state index contributed by atoms with van der Waals surface area (Å²) in [5, 5.41) is 9.08. The van der Waals surface area contributed by atoms with Crippen LogP contribution in [-0.4, -0.2) is 5.11 Å². The quantitative estimate of drug-likeness (QED) is 0.758. The van der Waals surface area contributed by atoms with E-state index >= 15 is 0 Å². The molecule has 0 fully saturated rings. The van der Waals surface area contributed by atoms with E-state index in [-0.39, 0.29) is 6.61 Å². The number of aliphatic hydroxyl groups excluding tert-OH is 1. The fourth-order valence-corrected chi connectivity index (χ4v) is 1.33. The molecule has 0 aliphatic heterocycles. The molecule has 0 unspecified atom stereocenters. The summed E-state index contributed by atoms with van der Waals surface area (Å²) in [6.45, 7) is 0.0386. The van der Waals surface area contributed by atoms with Crippen LogP contribution in [0.1, 0.15) is 5.56 Å². The summed E-state index contributed by atoms with van der Waals surface area (Å²) in [5.74, 6) is 0.796. The highest BCUT2D eigenvalue weighted by atomic mass is 16.3. The van der Waals surface area contributed by atoms with E-state index in [4.69, 9.17) is 9.52 Å². The Kier molecular flexibility index (Phi) is 2.15. The minimum Gasteiger partial charge on any atom is -0.464 e. The molecule has 0 saturated carbocycles. The molecule has 0 amide bonds. The van der Waals surface area contributed by atoms with Crippen LogP contribution in [0, 0.1) is 0 Å². The van der Waals surface area contributed by atoms with Crippen LogP contribution in [0.4, 0.5) is 0 Å². The summed E-state index contributed by atoms with van der Waals surface area (Å²) in [4.78, 5) is 0. The Morgan fingerprint density at radius 3 is 2.62 bits per heavy atom. The van der Waals surface area contributed by atoms with Crippen LogP contribution in [0.5, 0.6) is 0 Å². The van der Waals surface area contributed by atoms with E-state index in [0.29, 0.717) is 0 Å². The van der Waals surface area contributed by atoms with Gasteiger partial charge in [0.2, 0.25) is 0 Å². The van der Waals surface area contributed by atoms with E-state index in [1.165, 1.54) is 0 Å². The molecule has 2 rings (SSSR count). The third-order valence-corrected chi connectivity index (χ3v) is 1.97. The molecule has 1 heterocycles. The van der Waals surface area contributed by atoms with E-state index < -0.39 is 0 Å². The molecule has 1 aromatic carbocycles. The first kappa shape index (κ1) is 8.08. The molecule has 0 aliphatic carbocycles. The predicted octanol–water partition coefficient (Wildman–Crippen LogP) is 2.44. The van der Waals surface area contributed by atoms with Gasteiger partial charge in [-0.3, -0.25) is 0 Å². The van der Waals surface area contributed by atoms with Crippen molar-refractivity contribution >= 4 is 0 Å². The highest BCUT2D eigenvalue weighted by molar-refractivity contribution is 5.61. The second-order valence-corrected chi connectivity index (χ2v) is 2.79. The monoisotopic (exact) mass is 174 g/mol. The fourth-order valence-electron chi connectivity index (χ4n) is 1.33. The first-order chi connectivity index (χ1) is 6.42. The van der Waals surface area contributed by atoms with Gasteiger partial charge < -0.3 is 9.52 Å². The van der Waals surface area contributed by atoms with Crippen LogP contribution in [0.3, 0.4) is 0 Å². The van der Waals surface area contributed by atoms with Gasteiger partial charge in [0.15, 0.2) is 0 Å². The average Bonchev–Trinajstić information content (AvgIpc) is 2.70. The maximum Gasteiger partial charge on any atom is 0.134 e. The molecule has 0 saturated heterocycles. The van der Waals surface area contributed by atoms with Crippen molar-refractivity contribution in [1.29, 1.82) is 0 Å². The first-order valence-electron chi connectivity index (χ1n) is 4.14. The lowest BCUT2D eigenvalue weighted by Gasteiger charge is -2.02. The summed E-state index contributed by atoms with van der Waals surface area (Å²) in [6, 6.07) is 11.4.